The highest BCUT2D eigenvalue weighted by atomic mass is 16.2. The van der Waals surface area contributed by atoms with E-state index < -0.39 is 0 Å². The van der Waals surface area contributed by atoms with Crippen LogP contribution in [0.4, 0.5) is 0 Å². The summed E-state index contributed by atoms with van der Waals surface area (Å²) >= 11 is 0. The fourth-order valence-electron chi connectivity index (χ4n) is 3.03. The van der Waals surface area contributed by atoms with Gasteiger partial charge in [-0.05, 0) is 43.3 Å². The summed E-state index contributed by atoms with van der Waals surface area (Å²) in [4.78, 5) is 28.5. The molecule has 0 aliphatic carbocycles. The SMILES string of the molecule is Cc1cc(-c2ccc(C(=O)N3CCN(C)CC3)cc2)cn(C)c1=O. The molecule has 0 atom stereocenters. The molecule has 1 aromatic carbocycles. The Hall–Kier alpha value is -2.40. The molecule has 3 rings (SSSR count). The monoisotopic (exact) mass is 325 g/mol. The molecule has 1 aliphatic heterocycles. The maximum absolute atomic E-state index is 12.6. The first-order valence-electron chi connectivity index (χ1n) is 8.21. The molecule has 1 aliphatic rings. The van der Waals surface area contributed by atoms with E-state index in [1.165, 1.54) is 0 Å². The van der Waals surface area contributed by atoms with Gasteiger partial charge in [0.2, 0.25) is 0 Å². The number of pyridine rings is 1. The minimum atomic E-state index is 0.0145. The summed E-state index contributed by atoms with van der Waals surface area (Å²) in [6.45, 7) is 5.20. The van der Waals surface area contributed by atoms with Gasteiger partial charge in [0.15, 0.2) is 0 Å². The number of carbonyl (C=O) groups is 1. The van der Waals surface area contributed by atoms with E-state index in [9.17, 15) is 9.59 Å². The van der Waals surface area contributed by atoms with Crippen molar-refractivity contribution >= 4 is 5.91 Å². The van der Waals surface area contributed by atoms with Gasteiger partial charge in [-0.15, -0.1) is 0 Å². The summed E-state index contributed by atoms with van der Waals surface area (Å²) in [7, 11) is 3.83. The second-order valence-electron chi connectivity index (χ2n) is 6.50. The van der Waals surface area contributed by atoms with E-state index in [2.05, 4.69) is 11.9 Å². The number of piperazine rings is 1. The van der Waals surface area contributed by atoms with Crippen molar-refractivity contribution in [3.8, 4) is 11.1 Å². The molecule has 0 saturated carbocycles. The maximum atomic E-state index is 12.6. The van der Waals surface area contributed by atoms with Crippen LogP contribution in [-0.4, -0.2) is 53.5 Å². The Morgan fingerprint density at radius 3 is 2.17 bits per heavy atom. The number of carbonyl (C=O) groups excluding carboxylic acids is 1. The van der Waals surface area contributed by atoms with Gasteiger partial charge in [0, 0.05) is 50.6 Å². The number of aryl methyl sites for hydroxylation is 2. The zero-order valence-corrected chi connectivity index (χ0v) is 14.5. The van der Waals surface area contributed by atoms with E-state index in [1.807, 2.05) is 48.4 Å². The maximum Gasteiger partial charge on any atom is 0.253 e. The molecule has 0 radical (unpaired) electrons. The molecule has 126 valence electrons. The molecule has 1 saturated heterocycles. The second-order valence-corrected chi connectivity index (χ2v) is 6.50. The molecule has 2 heterocycles. The highest BCUT2D eigenvalue weighted by Crippen LogP contribution is 2.20. The predicted molar refractivity (Wildman–Crippen MR) is 95.3 cm³/mol. The molecule has 5 nitrogen and oxygen atoms in total. The molecule has 5 heteroatoms. The van der Waals surface area contributed by atoms with Crippen LogP contribution in [0.15, 0.2) is 41.3 Å². The van der Waals surface area contributed by atoms with Gasteiger partial charge in [-0.1, -0.05) is 12.1 Å². The Bertz CT molecular complexity index is 774. The minimum absolute atomic E-state index is 0.0145. The van der Waals surface area contributed by atoms with Gasteiger partial charge in [-0.2, -0.15) is 0 Å². The summed E-state index contributed by atoms with van der Waals surface area (Å²) in [5.41, 5.74) is 3.43. The lowest BCUT2D eigenvalue weighted by atomic mass is 10.0. The quantitative estimate of drug-likeness (QED) is 0.845. The average Bonchev–Trinajstić information content (AvgIpc) is 2.59. The van der Waals surface area contributed by atoms with Gasteiger partial charge in [-0.3, -0.25) is 9.59 Å². The molecule has 1 aromatic heterocycles. The van der Waals surface area contributed by atoms with Crippen LogP contribution in [-0.2, 0) is 7.05 Å². The third-order valence-corrected chi connectivity index (χ3v) is 4.62. The van der Waals surface area contributed by atoms with Gasteiger partial charge >= 0.3 is 0 Å². The van der Waals surface area contributed by atoms with E-state index >= 15 is 0 Å². The number of hydrogen-bond acceptors (Lipinski definition) is 3. The summed E-state index contributed by atoms with van der Waals surface area (Å²) in [5, 5.41) is 0. The van der Waals surface area contributed by atoms with Crippen LogP contribution in [0.2, 0.25) is 0 Å². The molecule has 2 aromatic rings. The average molecular weight is 325 g/mol. The van der Waals surface area contributed by atoms with Crippen molar-refractivity contribution in [3.63, 3.8) is 0 Å². The number of benzene rings is 1. The zero-order chi connectivity index (χ0) is 17.3. The zero-order valence-electron chi connectivity index (χ0n) is 14.5. The van der Waals surface area contributed by atoms with Gasteiger partial charge in [0.1, 0.15) is 0 Å². The first-order chi connectivity index (χ1) is 11.5. The van der Waals surface area contributed by atoms with Crippen molar-refractivity contribution in [1.82, 2.24) is 14.4 Å². The van der Waals surface area contributed by atoms with E-state index in [0.29, 0.717) is 11.1 Å². The molecule has 0 spiro atoms. The third-order valence-electron chi connectivity index (χ3n) is 4.62. The molecular formula is C19H23N3O2. The standard InChI is InChI=1S/C19H23N3O2/c1-14-12-17(13-21(3)18(14)23)15-4-6-16(7-5-15)19(24)22-10-8-20(2)9-11-22/h4-7,12-13H,8-11H2,1-3H3. The Morgan fingerprint density at radius 1 is 0.958 bits per heavy atom. The van der Waals surface area contributed by atoms with Crippen LogP contribution >= 0.6 is 0 Å². The third kappa shape index (κ3) is 3.26. The molecule has 1 fully saturated rings. The molecule has 0 bridgehead atoms. The molecule has 0 N–H and O–H groups in total. The summed E-state index contributed by atoms with van der Waals surface area (Å²) in [5.74, 6) is 0.0892. The van der Waals surface area contributed by atoms with Crippen molar-refractivity contribution in [2.75, 3.05) is 33.2 Å². The summed E-state index contributed by atoms with van der Waals surface area (Å²) in [6.07, 6.45) is 1.83. The van der Waals surface area contributed by atoms with Crippen LogP contribution in [0, 0.1) is 6.92 Å². The van der Waals surface area contributed by atoms with Gasteiger partial charge in [0.05, 0.1) is 0 Å². The van der Waals surface area contributed by atoms with Gasteiger partial charge < -0.3 is 14.4 Å². The van der Waals surface area contributed by atoms with Crippen LogP contribution in [0.5, 0.6) is 0 Å². The number of aromatic nitrogens is 1. The van der Waals surface area contributed by atoms with Crippen LogP contribution in [0.3, 0.4) is 0 Å². The smallest absolute Gasteiger partial charge is 0.253 e. The van der Waals surface area contributed by atoms with E-state index in [-0.39, 0.29) is 11.5 Å². The Morgan fingerprint density at radius 2 is 1.58 bits per heavy atom. The minimum Gasteiger partial charge on any atom is -0.336 e. The van der Waals surface area contributed by atoms with E-state index in [0.717, 1.165) is 37.3 Å². The van der Waals surface area contributed by atoms with Crippen molar-refractivity contribution in [2.24, 2.45) is 7.05 Å². The van der Waals surface area contributed by atoms with Crippen LogP contribution < -0.4 is 5.56 Å². The normalized spacial score (nSPS) is 15.5. The number of amides is 1. The van der Waals surface area contributed by atoms with Crippen molar-refractivity contribution in [2.45, 2.75) is 6.92 Å². The second kappa shape index (κ2) is 6.61. The highest BCUT2D eigenvalue weighted by molar-refractivity contribution is 5.94. The fraction of sp³-hybridized carbons (Fsp3) is 0.368. The lowest BCUT2D eigenvalue weighted by Crippen LogP contribution is -2.47. The Balaban J connectivity index is 1.81. The van der Waals surface area contributed by atoms with Gasteiger partial charge in [0.25, 0.3) is 11.5 Å². The fourth-order valence-corrected chi connectivity index (χ4v) is 3.03. The lowest BCUT2D eigenvalue weighted by molar-refractivity contribution is 0.0664. The number of nitrogens with zero attached hydrogens (tertiary/aromatic N) is 3. The van der Waals surface area contributed by atoms with Gasteiger partial charge in [-0.25, -0.2) is 0 Å². The van der Waals surface area contributed by atoms with E-state index in [1.54, 1.807) is 11.6 Å². The molecule has 0 unspecified atom stereocenters. The van der Waals surface area contributed by atoms with E-state index in [4.69, 9.17) is 0 Å². The Kier molecular flexibility index (Phi) is 4.53. The topological polar surface area (TPSA) is 45.6 Å². The first-order valence-corrected chi connectivity index (χ1v) is 8.21. The summed E-state index contributed by atoms with van der Waals surface area (Å²) in [6, 6.07) is 9.53. The number of hydrogen-bond donors (Lipinski definition) is 0. The molecule has 1 amide bonds. The van der Waals surface area contributed by atoms with Crippen molar-refractivity contribution in [3.05, 3.63) is 58.0 Å². The Labute approximate surface area is 142 Å². The molecular weight excluding hydrogens is 302 g/mol. The largest absolute Gasteiger partial charge is 0.336 e. The lowest BCUT2D eigenvalue weighted by Gasteiger charge is -2.32. The predicted octanol–water partition coefficient (Wildman–Crippen LogP) is 1.75. The highest BCUT2D eigenvalue weighted by Gasteiger charge is 2.20. The van der Waals surface area contributed by atoms with Crippen LogP contribution in [0.1, 0.15) is 15.9 Å². The number of likely N-dealkylation sites (N-methyl/N-ethyl adjacent to an activating group) is 1. The van der Waals surface area contributed by atoms with Crippen molar-refractivity contribution < 1.29 is 4.79 Å². The first kappa shape index (κ1) is 16.5. The number of rotatable bonds is 2. The summed E-state index contributed by atoms with van der Waals surface area (Å²) < 4.78 is 1.59. The van der Waals surface area contributed by atoms with Crippen LogP contribution in [0.25, 0.3) is 11.1 Å². The molecule has 24 heavy (non-hydrogen) atoms. The van der Waals surface area contributed by atoms with Crippen molar-refractivity contribution in [1.29, 1.82) is 0 Å².